The fourth-order valence-corrected chi connectivity index (χ4v) is 1.17. The van der Waals surface area contributed by atoms with Gasteiger partial charge in [0.05, 0.1) is 11.9 Å². The molecule has 14 heavy (non-hydrogen) atoms. The van der Waals surface area contributed by atoms with Crippen LogP contribution in [0.4, 0.5) is 5.69 Å². The van der Waals surface area contributed by atoms with Crippen molar-refractivity contribution >= 4 is 27.6 Å². The summed E-state index contributed by atoms with van der Waals surface area (Å²) in [5.74, 6) is -0.884. The van der Waals surface area contributed by atoms with Gasteiger partial charge in [-0.2, -0.15) is 0 Å². The Morgan fingerprint density at radius 1 is 1.71 bits per heavy atom. The monoisotopic (exact) mass is 258 g/mol. The van der Waals surface area contributed by atoms with Crippen molar-refractivity contribution in [2.45, 2.75) is 19.9 Å². The van der Waals surface area contributed by atoms with Crippen LogP contribution < -0.4 is 5.32 Å². The molecule has 1 rings (SSSR count). The van der Waals surface area contributed by atoms with E-state index in [1.165, 1.54) is 0 Å². The molecule has 4 nitrogen and oxygen atoms in total. The number of halogens is 1. The third-order valence-electron chi connectivity index (χ3n) is 1.77. The van der Waals surface area contributed by atoms with Crippen LogP contribution in [0.2, 0.25) is 0 Å². The lowest BCUT2D eigenvalue weighted by Gasteiger charge is -2.10. The van der Waals surface area contributed by atoms with Crippen LogP contribution in [0.15, 0.2) is 16.9 Å². The predicted molar refractivity (Wildman–Crippen MR) is 57.4 cm³/mol. The highest BCUT2D eigenvalue weighted by molar-refractivity contribution is 9.10. The largest absolute Gasteiger partial charge is 0.480 e. The maximum absolute atomic E-state index is 10.6. The summed E-state index contributed by atoms with van der Waals surface area (Å²) in [4.78, 5) is 14.6. The van der Waals surface area contributed by atoms with Crippen LogP contribution in [0.1, 0.15) is 12.5 Å². The first kappa shape index (κ1) is 11.0. The summed E-state index contributed by atoms with van der Waals surface area (Å²) in [6.07, 6.45) is 1.59. The Bertz CT molecular complexity index is 355. The van der Waals surface area contributed by atoms with Crippen LogP contribution >= 0.6 is 15.9 Å². The van der Waals surface area contributed by atoms with Gasteiger partial charge < -0.3 is 10.4 Å². The van der Waals surface area contributed by atoms with E-state index in [9.17, 15) is 4.79 Å². The standard InChI is InChI=1S/C9H11BrN2O2/c1-5-3-7(4-11-8(5)10)12-6(2)9(13)14/h3-4,6,12H,1-2H3,(H,13,14). The lowest BCUT2D eigenvalue weighted by atomic mass is 10.2. The molecule has 1 aromatic rings. The van der Waals surface area contributed by atoms with Crippen molar-refractivity contribution in [1.82, 2.24) is 4.98 Å². The van der Waals surface area contributed by atoms with Gasteiger partial charge in [-0.3, -0.25) is 4.79 Å². The van der Waals surface area contributed by atoms with Crippen LogP contribution in [-0.2, 0) is 4.79 Å². The molecule has 0 aliphatic carbocycles. The van der Waals surface area contributed by atoms with Crippen molar-refractivity contribution in [2.24, 2.45) is 0 Å². The molecule has 2 N–H and O–H groups in total. The third-order valence-corrected chi connectivity index (χ3v) is 2.60. The molecule has 0 aromatic carbocycles. The summed E-state index contributed by atoms with van der Waals surface area (Å²) in [5.41, 5.74) is 1.67. The van der Waals surface area contributed by atoms with Crippen molar-refractivity contribution in [2.75, 3.05) is 5.32 Å². The van der Waals surface area contributed by atoms with Crippen molar-refractivity contribution in [3.05, 3.63) is 22.4 Å². The second-order valence-electron chi connectivity index (χ2n) is 3.04. The first-order valence-electron chi connectivity index (χ1n) is 4.12. The van der Waals surface area contributed by atoms with Gasteiger partial charge in [-0.05, 0) is 41.4 Å². The van der Waals surface area contributed by atoms with Crippen LogP contribution in [0.25, 0.3) is 0 Å². The quantitative estimate of drug-likeness (QED) is 0.815. The number of pyridine rings is 1. The van der Waals surface area contributed by atoms with Crippen LogP contribution in [0, 0.1) is 6.92 Å². The van der Waals surface area contributed by atoms with Gasteiger partial charge in [0.15, 0.2) is 0 Å². The number of aliphatic carboxylic acids is 1. The van der Waals surface area contributed by atoms with Crippen molar-refractivity contribution in [3.8, 4) is 0 Å². The molecule has 1 unspecified atom stereocenters. The number of nitrogens with zero attached hydrogens (tertiary/aromatic N) is 1. The van der Waals surface area contributed by atoms with Crippen LogP contribution in [0.3, 0.4) is 0 Å². The van der Waals surface area contributed by atoms with E-state index in [4.69, 9.17) is 5.11 Å². The molecular formula is C9H11BrN2O2. The highest BCUT2D eigenvalue weighted by Gasteiger charge is 2.10. The van der Waals surface area contributed by atoms with Crippen LogP contribution in [0.5, 0.6) is 0 Å². The van der Waals surface area contributed by atoms with Crippen LogP contribution in [-0.4, -0.2) is 22.1 Å². The SMILES string of the molecule is Cc1cc(NC(C)C(=O)O)cnc1Br. The van der Waals surface area contributed by atoms with E-state index in [-0.39, 0.29) is 0 Å². The number of carbonyl (C=O) groups is 1. The van der Waals surface area contributed by atoms with E-state index in [0.717, 1.165) is 10.2 Å². The number of rotatable bonds is 3. The van der Waals surface area contributed by atoms with Gasteiger partial charge in [-0.15, -0.1) is 0 Å². The average Bonchev–Trinajstić information content (AvgIpc) is 2.11. The van der Waals surface area contributed by atoms with Crippen molar-refractivity contribution in [1.29, 1.82) is 0 Å². The number of hydrogen-bond acceptors (Lipinski definition) is 3. The Morgan fingerprint density at radius 3 is 2.86 bits per heavy atom. The Balaban J connectivity index is 2.78. The van der Waals surface area contributed by atoms with Gasteiger partial charge in [0, 0.05) is 0 Å². The highest BCUT2D eigenvalue weighted by atomic mass is 79.9. The average molecular weight is 259 g/mol. The van der Waals surface area contributed by atoms with Gasteiger partial charge in [-0.1, -0.05) is 0 Å². The summed E-state index contributed by atoms with van der Waals surface area (Å²) in [7, 11) is 0. The highest BCUT2D eigenvalue weighted by Crippen LogP contribution is 2.17. The fraction of sp³-hybridized carbons (Fsp3) is 0.333. The maximum atomic E-state index is 10.6. The topological polar surface area (TPSA) is 62.2 Å². The summed E-state index contributed by atoms with van der Waals surface area (Å²) in [6.45, 7) is 3.48. The molecule has 0 radical (unpaired) electrons. The van der Waals surface area contributed by atoms with E-state index in [1.807, 2.05) is 13.0 Å². The third kappa shape index (κ3) is 2.70. The Labute approximate surface area is 90.5 Å². The summed E-state index contributed by atoms with van der Waals surface area (Å²) < 4.78 is 0.769. The first-order valence-corrected chi connectivity index (χ1v) is 4.91. The molecule has 0 fully saturated rings. The van der Waals surface area contributed by atoms with Gasteiger partial charge in [0.25, 0.3) is 0 Å². The van der Waals surface area contributed by atoms with E-state index in [1.54, 1.807) is 13.1 Å². The van der Waals surface area contributed by atoms with Gasteiger partial charge in [0.2, 0.25) is 0 Å². The number of carboxylic acids is 1. The molecule has 5 heteroatoms. The van der Waals surface area contributed by atoms with Gasteiger partial charge >= 0.3 is 5.97 Å². The summed E-state index contributed by atoms with van der Waals surface area (Å²) in [5, 5.41) is 11.5. The molecular weight excluding hydrogens is 248 g/mol. The molecule has 1 atom stereocenters. The molecule has 0 bridgehead atoms. The number of nitrogens with one attached hydrogen (secondary N) is 1. The van der Waals surface area contributed by atoms with E-state index in [2.05, 4.69) is 26.2 Å². The van der Waals surface area contributed by atoms with Gasteiger partial charge in [0.1, 0.15) is 10.6 Å². The number of aryl methyl sites for hydroxylation is 1. The van der Waals surface area contributed by atoms with Gasteiger partial charge in [-0.25, -0.2) is 4.98 Å². The predicted octanol–water partition coefficient (Wildman–Crippen LogP) is 2.04. The van der Waals surface area contributed by atoms with E-state index >= 15 is 0 Å². The normalized spacial score (nSPS) is 12.2. The fourth-order valence-electron chi connectivity index (χ4n) is 0.949. The minimum absolute atomic E-state index is 0.614. The minimum atomic E-state index is -0.884. The minimum Gasteiger partial charge on any atom is -0.480 e. The molecule has 76 valence electrons. The molecule has 1 heterocycles. The molecule has 0 aliphatic rings. The Kier molecular flexibility index (Phi) is 3.46. The van der Waals surface area contributed by atoms with Crippen molar-refractivity contribution < 1.29 is 9.90 Å². The Hall–Kier alpha value is -1.10. The summed E-state index contributed by atoms with van der Waals surface area (Å²) >= 11 is 3.27. The number of anilines is 1. The zero-order valence-electron chi connectivity index (χ0n) is 7.91. The molecule has 1 aromatic heterocycles. The number of aromatic nitrogens is 1. The molecule has 0 spiro atoms. The van der Waals surface area contributed by atoms with E-state index < -0.39 is 12.0 Å². The molecule has 0 aliphatic heterocycles. The zero-order valence-corrected chi connectivity index (χ0v) is 9.50. The Morgan fingerprint density at radius 2 is 2.36 bits per heavy atom. The molecule has 0 saturated heterocycles. The smallest absolute Gasteiger partial charge is 0.325 e. The van der Waals surface area contributed by atoms with Crippen molar-refractivity contribution in [3.63, 3.8) is 0 Å². The first-order chi connectivity index (χ1) is 6.50. The number of carboxylic acid groups (broad SMARTS) is 1. The zero-order chi connectivity index (χ0) is 10.7. The lowest BCUT2D eigenvalue weighted by Crippen LogP contribution is -2.25. The number of hydrogen-bond donors (Lipinski definition) is 2. The molecule has 0 amide bonds. The summed E-state index contributed by atoms with van der Waals surface area (Å²) in [6, 6.07) is 1.23. The second kappa shape index (κ2) is 4.41. The lowest BCUT2D eigenvalue weighted by molar-refractivity contribution is -0.137. The second-order valence-corrected chi connectivity index (χ2v) is 3.79. The van der Waals surface area contributed by atoms with E-state index in [0.29, 0.717) is 5.69 Å². The molecule has 0 saturated carbocycles. The maximum Gasteiger partial charge on any atom is 0.325 e.